The molecule has 0 radical (unpaired) electrons. The van der Waals surface area contributed by atoms with Crippen LogP contribution in [0, 0.1) is 5.92 Å². The number of nitrogens with zero attached hydrogens (tertiary/aromatic N) is 2. The Bertz CT molecular complexity index is 953. The first-order valence-electron chi connectivity index (χ1n) is 13.1. The number of rotatable bonds is 8. The van der Waals surface area contributed by atoms with Crippen LogP contribution >= 0.6 is 0 Å². The second-order valence-electron chi connectivity index (χ2n) is 10.2. The summed E-state index contributed by atoms with van der Waals surface area (Å²) in [5, 5.41) is 2.84. The van der Waals surface area contributed by atoms with Crippen LogP contribution in [0.25, 0.3) is 0 Å². The Balaban J connectivity index is 1.32. The van der Waals surface area contributed by atoms with Crippen LogP contribution in [-0.4, -0.2) is 72.8 Å². The lowest BCUT2D eigenvalue weighted by molar-refractivity contribution is -0.135. The Hall–Kier alpha value is -2.90. The number of nitrogens with one attached hydrogen (secondary N) is 1. The van der Waals surface area contributed by atoms with E-state index in [9.17, 15) is 9.59 Å². The largest absolute Gasteiger partial charge is 0.445 e. The fourth-order valence-corrected chi connectivity index (χ4v) is 5.31. The Morgan fingerprint density at radius 3 is 2.14 bits per heavy atom. The number of carbonyl (C=O) groups is 2. The van der Waals surface area contributed by atoms with Crippen molar-refractivity contribution in [2.45, 2.75) is 58.0 Å². The first-order valence-corrected chi connectivity index (χ1v) is 13.1. The first-order chi connectivity index (χ1) is 17.5. The lowest BCUT2D eigenvalue weighted by Gasteiger charge is -2.40. The molecule has 2 aromatic carbocycles. The molecule has 1 N–H and O–H groups in total. The van der Waals surface area contributed by atoms with Gasteiger partial charge < -0.3 is 19.7 Å². The molecule has 0 spiro atoms. The van der Waals surface area contributed by atoms with E-state index in [1.54, 1.807) is 0 Å². The summed E-state index contributed by atoms with van der Waals surface area (Å²) < 4.78 is 11.3. The van der Waals surface area contributed by atoms with Gasteiger partial charge in [0.1, 0.15) is 12.6 Å². The van der Waals surface area contributed by atoms with E-state index in [-0.39, 0.29) is 24.7 Å². The molecule has 36 heavy (non-hydrogen) atoms. The molecule has 7 heteroatoms. The maximum Gasteiger partial charge on any atom is 0.408 e. The molecule has 2 amide bonds. The van der Waals surface area contributed by atoms with Gasteiger partial charge in [-0.25, -0.2) is 4.79 Å². The van der Waals surface area contributed by atoms with Gasteiger partial charge in [0.2, 0.25) is 5.91 Å². The van der Waals surface area contributed by atoms with Crippen molar-refractivity contribution in [2.75, 3.05) is 32.7 Å². The van der Waals surface area contributed by atoms with E-state index in [2.05, 4.69) is 24.1 Å². The van der Waals surface area contributed by atoms with E-state index < -0.39 is 12.1 Å². The third-order valence-corrected chi connectivity index (χ3v) is 7.02. The van der Waals surface area contributed by atoms with Crippen molar-refractivity contribution in [3.8, 4) is 0 Å². The average Bonchev–Trinajstić information content (AvgIpc) is 2.88. The van der Waals surface area contributed by atoms with Crippen LogP contribution < -0.4 is 5.32 Å². The van der Waals surface area contributed by atoms with Crippen molar-refractivity contribution >= 4 is 12.0 Å². The molecule has 0 aliphatic carbocycles. The number of likely N-dealkylation sites (tertiary alicyclic amines) is 1. The molecular formula is C29H39N3O4. The molecule has 0 bridgehead atoms. The number of alkyl carbamates (subject to hydrolysis) is 1. The van der Waals surface area contributed by atoms with Gasteiger partial charge >= 0.3 is 6.09 Å². The highest BCUT2D eigenvalue weighted by Crippen LogP contribution is 2.22. The van der Waals surface area contributed by atoms with E-state index >= 15 is 0 Å². The zero-order chi connectivity index (χ0) is 25.3. The number of hydrogen-bond acceptors (Lipinski definition) is 5. The highest BCUT2D eigenvalue weighted by Gasteiger charge is 2.31. The lowest BCUT2D eigenvalue weighted by atomic mass is 9.94. The van der Waals surface area contributed by atoms with Gasteiger partial charge in [0.25, 0.3) is 0 Å². The topological polar surface area (TPSA) is 71.1 Å². The lowest BCUT2D eigenvalue weighted by Crippen LogP contribution is -2.53. The summed E-state index contributed by atoms with van der Waals surface area (Å²) in [7, 11) is 0. The van der Waals surface area contributed by atoms with Gasteiger partial charge in [-0.1, -0.05) is 60.7 Å². The minimum absolute atomic E-state index is 0.0393. The molecule has 194 valence electrons. The molecule has 2 aliphatic rings. The smallest absolute Gasteiger partial charge is 0.408 e. The summed E-state index contributed by atoms with van der Waals surface area (Å²) in [4.78, 5) is 30.5. The summed E-state index contributed by atoms with van der Waals surface area (Å²) in [6, 6.07) is 18.7. The van der Waals surface area contributed by atoms with Crippen molar-refractivity contribution in [1.82, 2.24) is 15.1 Å². The van der Waals surface area contributed by atoms with E-state index in [0.717, 1.165) is 43.6 Å². The predicted molar refractivity (Wildman–Crippen MR) is 139 cm³/mol. The van der Waals surface area contributed by atoms with Crippen LogP contribution in [0.4, 0.5) is 4.79 Å². The van der Waals surface area contributed by atoms with E-state index in [1.165, 1.54) is 0 Å². The monoisotopic (exact) mass is 493 g/mol. The molecule has 2 aliphatic heterocycles. The van der Waals surface area contributed by atoms with Crippen molar-refractivity contribution < 1.29 is 19.1 Å². The summed E-state index contributed by atoms with van der Waals surface area (Å²) in [5.74, 6) is 0.533. The highest BCUT2D eigenvalue weighted by molar-refractivity contribution is 5.86. The van der Waals surface area contributed by atoms with Crippen LogP contribution in [0.3, 0.4) is 0 Å². The van der Waals surface area contributed by atoms with Gasteiger partial charge in [0.15, 0.2) is 0 Å². The summed E-state index contributed by atoms with van der Waals surface area (Å²) >= 11 is 0. The molecular weight excluding hydrogens is 454 g/mol. The fraction of sp³-hybridized carbons (Fsp3) is 0.517. The van der Waals surface area contributed by atoms with Gasteiger partial charge in [-0.05, 0) is 43.7 Å². The van der Waals surface area contributed by atoms with E-state index in [4.69, 9.17) is 9.47 Å². The summed E-state index contributed by atoms with van der Waals surface area (Å²) in [5.41, 5.74) is 1.91. The third kappa shape index (κ3) is 7.80. The minimum atomic E-state index is -0.659. The predicted octanol–water partition coefficient (Wildman–Crippen LogP) is 3.87. The van der Waals surface area contributed by atoms with Crippen molar-refractivity contribution in [3.05, 3.63) is 71.8 Å². The standard InChI is InChI=1S/C29H39N3O4/c1-22-18-31(19-23(2)36-22)20-25-13-15-32(16-14-25)28(33)27(17-24-9-5-3-6-10-24)30-29(34)35-21-26-11-7-4-8-12-26/h3-12,22-23,25,27H,13-21H2,1-2H3,(H,30,34)/t22?,23?,27-/m0/s1. The van der Waals surface area contributed by atoms with Gasteiger partial charge in [-0.15, -0.1) is 0 Å². The van der Waals surface area contributed by atoms with Crippen LogP contribution in [0.2, 0.25) is 0 Å². The molecule has 7 nitrogen and oxygen atoms in total. The molecule has 2 saturated heterocycles. The fourth-order valence-electron chi connectivity index (χ4n) is 5.31. The SMILES string of the molecule is CC1CN(CC2CCN(C(=O)[C@H](Cc3ccccc3)NC(=O)OCc3ccccc3)CC2)CC(C)O1. The second kappa shape index (κ2) is 12.9. The molecule has 0 saturated carbocycles. The molecule has 2 heterocycles. The number of carbonyl (C=O) groups excluding carboxylic acids is 2. The maximum absolute atomic E-state index is 13.5. The molecule has 3 atom stereocenters. The minimum Gasteiger partial charge on any atom is -0.445 e. The van der Waals surface area contributed by atoms with Crippen LogP contribution in [0.1, 0.15) is 37.8 Å². The number of morpholine rings is 1. The number of benzene rings is 2. The van der Waals surface area contributed by atoms with E-state index in [1.807, 2.05) is 65.6 Å². The maximum atomic E-state index is 13.5. The highest BCUT2D eigenvalue weighted by atomic mass is 16.5. The van der Waals surface area contributed by atoms with Gasteiger partial charge in [0, 0.05) is 39.1 Å². The molecule has 2 unspecified atom stereocenters. The van der Waals surface area contributed by atoms with Gasteiger partial charge in [0.05, 0.1) is 12.2 Å². The van der Waals surface area contributed by atoms with Gasteiger partial charge in [-0.2, -0.15) is 0 Å². The Morgan fingerprint density at radius 2 is 1.53 bits per heavy atom. The van der Waals surface area contributed by atoms with E-state index in [0.29, 0.717) is 25.4 Å². The summed E-state index contributed by atoms with van der Waals surface area (Å²) in [6.07, 6.45) is 2.34. The quantitative estimate of drug-likeness (QED) is 0.605. The Kier molecular flexibility index (Phi) is 9.36. The van der Waals surface area contributed by atoms with Crippen molar-refractivity contribution in [3.63, 3.8) is 0 Å². The number of hydrogen-bond donors (Lipinski definition) is 1. The summed E-state index contributed by atoms with van der Waals surface area (Å²) in [6.45, 7) is 8.86. The normalized spacial score (nSPS) is 22.1. The average molecular weight is 494 g/mol. The Labute approximate surface area is 214 Å². The number of piperidine rings is 1. The first kappa shape index (κ1) is 26.2. The second-order valence-corrected chi connectivity index (χ2v) is 10.2. The van der Waals surface area contributed by atoms with Crippen LogP contribution in [0.15, 0.2) is 60.7 Å². The van der Waals surface area contributed by atoms with Crippen molar-refractivity contribution in [2.24, 2.45) is 5.92 Å². The number of amides is 2. The molecule has 4 rings (SSSR count). The third-order valence-electron chi connectivity index (χ3n) is 7.02. The Morgan fingerprint density at radius 1 is 0.944 bits per heavy atom. The number of ether oxygens (including phenoxy) is 2. The molecule has 2 aromatic rings. The van der Waals surface area contributed by atoms with Crippen LogP contribution in [-0.2, 0) is 27.3 Å². The van der Waals surface area contributed by atoms with Gasteiger partial charge in [-0.3, -0.25) is 9.69 Å². The van der Waals surface area contributed by atoms with Crippen molar-refractivity contribution in [1.29, 1.82) is 0 Å². The van der Waals surface area contributed by atoms with Crippen LogP contribution in [0.5, 0.6) is 0 Å². The molecule has 0 aromatic heterocycles. The zero-order valence-corrected chi connectivity index (χ0v) is 21.5. The zero-order valence-electron chi connectivity index (χ0n) is 21.5. The molecule has 2 fully saturated rings.